The molecule has 1 unspecified atom stereocenters. The topological polar surface area (TPSA) is 99.6 Å². The molecule has 3 heterocycles. The Morgan fingerprint density at radius 1 is 1.33 bits per heavy atom. The molecule has 2 atom stereocenters. The molecule has 1 fully saturated rings. The molecule has 1 saturated heterocycles. The molecule has 0 saturated carbocycles. The molecule has 1 aromatic carbocycles. The highest BCUT2D eigenvalue weighted by molar-refractivity contribution is 7.93. The van der Waals surface area contributed by atoms with E-state index in [1.807, 2.05) is 6.21 Å². The predicted molar refractivity (Wildman–Crippen MR) is 110 cm³/mol. The number of anilines is 1. The second-order valence-electron chi connectivity index (χ2n) is 7.75. The van der Waals surface area contributed by atoms with Crippen LogP contribution in [0.2, 0.25) is 0 Å². The van der Waals surface area contributed by atoms with E-state index < -0.39 is 26.6 Å². The minimum absolute atomic E-state index is 0.0189. The molecule has 2 aromatic rings. The average molecular weight is 457 g/mol. The monoisotopic (exact) mass is 456 g/mol. The van der Waals surface area contributed by atoms with Gasteiger partial charge >= 0.3 is 0 Å². The van der Waals surface area contributed by atoms with Gasteiger partial charge in [-0.25, -0.2) is 22.2 Å². The number of halogens is 2. The van der Waals surface area contributed by atoms with E-state index in [0.29, 0.717) is 0 Å². The molecule has 1 aromatic heterocycles. The zero-order chi connectivity index (χ0) is 21.4. The predicted octanol–water partition coefficient (Wildman–Crippen LogP) is 2.71. The van der Waals surface area contributed by atoms with E-state index >= 15 is 0 Å². The summed E-state index contributed by atoms with van der Waals surface area (Å²) in [7, 11) is -4.32. The third kappa shape index (κ3) is 4.16. The van der Waals surface area contributed by atoms with Crippen LogP contribution in [0.4, 0.5) is 13.9 Å². The van der Waals surface area contributed by atoms with Gasteiger partial charge < -0.3 is 5.43 Å². The Bertz CT molecular complexity index is 1040. The van der Waals surface area contributed by atoms with Crippen molar-refractivity contribution in [3.8, 4) is 0 Å². The molecule has 0 spiro atoms. The number of benzene rings is 1. The Morgan fingerprint density at radius 3 is 2.87 bits per heavy atom. The second kappa shape index (κ2) is 8.16. The normalized spacial score (nSPS) is 24.7. The Labute approximate surface area is 177 Å². The number of sulfonamides is 1. The van der Waals surface area contributed by atoms with Crippen LogP contribution in [0, 0.1) is 11.6 Å². The fourth-order valence-corrected chi connectivity index (χ4v) is 5.82. The summed E-state index contributed by atoms with van der Waals surface area (Å²) in [5.74, 6) is -1.77. The Kier molecular flexibility index (Phi) is 5.73. The molecule has 0 aliphatic carbocycles. The second-order valence-corrected chi connectivity index (χ2v) is 10.2. The lowest BCUT2D eigenvalue weighted by atomic mass is 9.83. The molecule has 4 rings (SSSR count). The summed E-state index contributed by atoms with van der Waals surface area (Å²) in [6, 6.07) is 1.81. The maximum Gasteiger partial charge on any atom is 0.266 e. The fraction of sp³-hybridized carbons (Fsp3) is 0.500. The third-order valence-corrected chi connectivity index (χ3v) is 7.69. The van der Waals surface area contributed by atoms with Crippen LogP contribution in [0.15, 0.2) is 28.5 Å². The number of hydrazone groups is 1. The molecule has 162 valence electrons. The minimum atomic E-state index is -4.32. The highest BCUT2D eigenvalue weighted by Crippen LogP contribution is 2.32. The number of nitrogens with zero attached hydrogens (tertiary/aromatic N) is 4. The molecule has 2 aliphatic rings. The fourth-order valence-electron chi connectivity index (χ4n) is 4.09. The first kappa shape index (κ1) is 21.1. The van der Waals surface area contributed by atoms with Crippen molar-refractivity contribution >= 4 is 32.9 Å². The number of hydrogen-bond donors (Lipinski definition) is 2. The van der Waals surface area contributed by atoms with Crippen LogP contribution in [0.25, 0.3) is 0 Å². The number of hydrogen-bond acceptors (Lipinski definition) is 8. The lowest BCUT2D eigenvalue weighted by Gasteiger charge is -2.44. The van der Waals surface area contributed by atoms with Crippen LogP contribution in [-0.2, 0) is 16.6 Å². The lowest BCUT2D eigenvalue weighted by molar-refractivity contribution is 0.0703. The van der Waals surface area contributed by atoms with Gasteiger partial charge in [0.15, 0.2) is 0 Å². The van der Waals surface area contributed by atoms with Crippen molar-refractivity contribution in [2.75, 3.05) is 11.3 Å². The highest BCUT2D eigenvalue weighted by atomic mass is 32.2. The summed E-state index contributed by atoms with van der Waals surface area (Å²) < 4.78 is 60.2. The van der Waals surface area contributed by atoms with Gasteiger partial charge in [-0.3, -0.25) is 9.62 Å². The first-order chi connectivity index (χ1) is 14.3. The summed E-state index contributed by atoms with van der Waals surface area (Å²) in [6.07, 6.45) is 6.72. The van der Waals surface area contributed by atoms with Gasteiger partial charge in [0.1, 0.15) is 22.9 Å². The van der Waals surface area contributed by atoms with Crippen molar-refractivity contribution in [2.45, 2.75) is 55.6 Å². The molecule has 30 heavy (non-hydrogen) atoms. The van der Waals surface area contributed by atoms with Crippen molar-refractivity contribution in [3.63, 3.8) is 0 Å². The molecule has 12 heteroatoms. The van der Waals surface area contributed by atoms with Crippen molar-refractivity contribution in [3.05, 3.63) is 35.7 Å². The molecular weight excluding hydrogens is 434 g/mol. The Morgan fingerprint density at radius 2 is 2.17 bits per heavy atom. The largest absolute Gasteiger partial charge is 0.303 e. The summed E-state index contributed by atoms with van der Waals surface area (Å²) >= 11 is 0.802. The van der Waals surface area contributed by atoms with E-state index in [1.165, 1.54) is 6.33 Å². The highest BCUT2D eigenvalue weighted by Gasteiger charge is 2.40. The number of aromatic nitrogens is 2. The van der Waals surface area contributed by atoms with E-state index in [-0.39, 0.29) is 28.8 Å². The van der Waals surface area contributed by atoms with Crippen LogP contribution in [0.3, 0.4) is 0 Å². The van der Waals surface area contributed by atoms with E-state index in [1.54, 1.807) is 0 Å². The summed E-state index contributed by atoms with van der Waals surface area (Å²) in [5, 5.41) is 4.12. The number of piperidine rings is 1. The molecule has 0 amide bonds. The summed E-state index contributed by atoms with van der Waals surface area (Å²) in [5.41, 5.74) is 3.02. The summed E-state index contributed by atoms with van der Waals surface area (Å²) in [6.45, 7) is 3.02. The van der Waals surface area contributed by atoms with Gasteiger partial charge in [0.2, 0.25) is 5.13 Å². The molecule has 0 radical (unpaired) electrons. The number of likely N-dealkylation sites (tertiary alicyclic amines) is 1. The van der Waals surface area contributed by atoms with E-state index in [0.717, 1.165) is 55.9 Å². The zero-order valence-electron chi connectivity index (χ0n) is 16.3. The standard InChI is InChI=1S/C18H22F2N6O2S2/c1-18(5-6-22-25-18)16-4-2-3-7-26(16)10-12-8-14(20)15(9-13(12)19)30(27,28)24-17-21-11-23-29-17/h6,8-9,11,16,25H,2-5,7,10H2,1H3,(H,21,23,24)/t16-,18?/m1/s1. The van der Waals surface area contributed by atoms with E-state index in [4.69, 9.17) is 0 Å². The SMILES string of the molecule is CC1([C@H]2CCCCN2Cc2cc(F)c(S(=O)(=O)Nc3ncns3)cc2F)CC=NN1. The van der Waals surface area contributed by atoms with Crippen LogP contribution >= 0.6 is 11.5 Å². The van der Waals surface area contributed by atoms with Gasteiger partial charge in [0.05, 0.1) is 5.54 Å². The van der Waals surface area contributed by atoms with Gasteiger partial charge in [-0.1, -0.05) is 6.42 Å². The van der Waals surface area contributed by atoms with Gasteiger partial charge in [-0.05, 0) is 38.4 Å². The molecule has 2 aliphatic heterocycles. The first-order valence-electron chi connectivity index (χ1n) is 9.59. The number of nitrogens with one attached hydrogen (secondary N) is 2. The van der Waals surface area contributed by atoms with E-state index in [9.17, 15) is 17.2 Å². The van der Waals surface area contributed by atoms with Gasteiger partial charge in [0.25, 0.3) is 10.0 Å². The first-order valence-corrected chi connectivity index (χ1v) is 11.8. The van der Waals surface area contributed by atoms with E-state index in [2.05, 4.69) is 36.4 Å². The zero-order valence-corrected chi connectivity index (χ0v) is 17.9. The lowest BCUT2D eigenvalue weighted by Crippen LogP contribution is -2.57. The molecule has 0 bridgehead atoms. The Balaban J connectivity index is 1.57. The van der Waals surface area contributed by atoms with Gasteiger partial charge in [-0.15, -0.1) is 0 Å². The molecule has 2 N–H and O–H groups in total. The van der Waals surface area contributed by atoms with Crippen molar-refractivity contribution < 1.29 is 17.2 Å². The third-order valence-electron chi connectivity index (χ3n) is 5.62. The maximum absolute atomic E-state index is 14.8. The van der Waals surface area contributed by atoms with Crippen LogP contribution in [0.5, 0.6) is 0 Å². The number of rotatable bonds is 6. The van der Waals surface area contributed by atoms with Crippen LogP contribution in [0.1, 0.15) is 38.2 Å². The van der Waals surface area contributed by atoms with Gasteiger partial charge in [0, 0.05) is 42.3 Å². The molecule has 8 nitrogen and oxygen atoms in total. The van der Waals surface area contributed by atoms with Gasteiger partial charge in [-0.2, -0.15) is 9.47 Å². The minimum Gasteiger partial charge on any atom is -0.303 e. The quantitative estimate of drug-likeness (QED) is 0.693. The van der Waals surface area contributed by atoms with Crippen molar-refractivity contribution in [1.82, 2.24) is 19.7 Å². The smallest absolute Gasteiger partial charge is 0.266 e. The van der Waals surface area contributed by atoms with Crippen LogP contribution in [-0.4, -0.2) is 47.0 Å². The average Bonchev–Trinajstić information content (AvgIpc) is 3.37. The van der Waals surface area contributed by atoms with Crippen molar-refractivity contribution in [1.29, 1.82) is 0 Å². The maximum atomic E-state index is 14.8. The summed E-state index contributed by atoms with van der Waals surface area (Å²) in [4.78, 5) is 5.07. The Hall–Kier alpha value is -2.18. The van der Waals surface area contributed by atoms with Crippen molar-refractivity contribution in [2.24, 2.45) is 5.10 Å². The van der Waals surface area contributed by atoms with Crippen LogP contribution < -0.4 is 10.1 Å². The molecular formula is C18H22F2N6O2S2.